The Bertz CT molecular complexity index is 554. The van der Waals surface area contributed by atoms with Crippen LogP contribution in [0.2, 0.25) is 2.82 Å². The van der Waals surface area contributed by atoms with Crippen molar-refractivity contribution in [3.8, 4) is 0 Å². The number of hydrogen-bond donors (Lipinski definition) is 5. The Morgan fingerprint density at radius 1 is 0.929 bits per heavy atom. The highest BCUT2D eigenvalue weighted by Crippen LogP contribution is 2.10. The van der Waals surface area contributed by atoms with E-state index in [0.717, 1.165) is 0 Å². The van der Waals surface area contributed by atoms with Crippen molar-refractivity contribution < 1.29 is 42.0 Å². The quantitative estimate of drug-likeness (QED) is 0.199. The summed E-state index contributed by atoms with van der Waals surface area (Å²) < 4.78 is 24.0. The zero-order valence-corrected chi connectivity index (χ0v) is 16.8. The van der Waals surface area contributed by atoms with Gasteiger partial charge < -0.3 is 36.2 Å². The molecule has 7 N–H and O–H groups in total. The first-order valence-electron chi connectivity index (χ1n) is 10.3. The average molecular weight is 408 g/mol. The molecule has 0 aromatic heterocycles. The van der Waals surface area contributed by atoms with Crippen LogP contribution in [0.25, 0.3) is 0 Å². The number of aliphatic hydroxyl groups is 3. The summed E-state index contributed by atoms with van der Waals surface area (Å²) in [7, 11) is 0. The van der Waals surface area contributed by atoms with Crippen molar-refractivity contribution in [2.45, 2.75) is 70.9 Å². The van der Waals surface area contributed by atoms with Crippen LogP contribution >= 0.6 is 0 Å². The first kappa shape index (κ1) is 22.7. The molecule has 0 aliphatic heterocycles. The van der Waals surface area contributed by atoms with Crippen LogP contribution in [0.3, 0.4) is 0 Å². The monoisotopic (exact) mass is 408 g/mol. The van der Waals surface area contributed by atoms with Gasteiger partial charge in [-0.15, -0.1) is 0 Å². The fourth-order valence-electron chi connectivity index (χ4n) is 2.01. The highest BCUT2D eigenvalue weighted by atomic mass is 16.5. The minimum absolute atomic E-state index is 0.212. The molecule has 7 atom stereocenters. The smallest absolute Gasteiger partial charge is 0.323 e. The second kappa shape index (κ2) is 12.8. The van der Waals surface area contributed by atoms with Crippen molar-refractivity contribution in [1.29, 1.82) is 0 Å². The first-order valence-corrected chi connectivity index (χ1v) is 9.30. The second-order valence-electron chi connectivity index (χ2n) is 6.93. The molecule has 0 heterocycles. The van der Waals surface area contributed by atoms with E-state index in [2.05, 4.69) is 5.73 Å². The van der Waals surface area contributed by atoms with Gasteiger partial charge in [-0.05, 0) is 11.8 Å². The third-order valence-electron chi connectivity index (χ3n) is 4.73. The van der Waals surface area contributed by atoms with Crippen molar-refractivity contribution in [3.63, 3.8) is 0 Å². The van der Waals surface area contributed by atoms with Gasteiger partial charge in [0.25, 0.3) is 0 Å². The van der Waals surface area contributed by atoms with Gasteiger partial charge in [0.05, 0.1) is 0 Å². The van der Waals surface area contributed by atoms with Gasteiger partial charge in [0, 0.05) is 0 Å². The van der Waals surface area contributed by atoms with Crippen LogP contribution in [0.5, 0.6) is 0 Å². The summed E-state index contributed by atoms with van der Waals surface area (Å²) in [5.74, 6) is -3.19. The Kier molecular flexibility index (Phi) is 10.4. The van der Waals surface area contributed by atoms with E-state index in [-0.39, 0.29) is 11.8 Å². The highest BCUT2D eigenvalue weighted by Gasteiger charge is 2.33. The molecule has 28 heavy (non-hydrogen) atoms. The molecule has 0 aliphatic carbocycles. The summed E-state index contributed by atoms with van der Waals surface area (Å²) in [5.41, 5.74) is 4.11. The largest absolute Gasteiger partial charge is 0.462 e. The van der Waals surface area contributed by atoms with Crippen molar-refractivity contribution >= 4 is 17.7 Å². The van der Waals surface area contributed by atoms with Gasteiger partial charge in [-0.1, -0.05) is 40.5 Å². The summed E-state index contributed by atoms with van der Waals surface area (Å²) >= 11 is 0. The van der Waals surface area contributed by atoms with Gasteiger partial charge in [0.15, 0.2) is 6.61 Å². The number of carbonyl (C=O) groups excluding carboxylic acids is 3. The molecule has 0 aromatic carbocycles. The van der Waals surface area contributed by atoms with Gasteiger partial charge in [0.2, 0.25) is 5.78 Å². The van der Waals surface area contributed by atoms with Gasteiger partial charge >= 0.3 is 11.9 Å². The maximum atomic E-state index is 12.0. The van der Waals surface area contributed by atoms with E-state index in [1.165, 1.54) is 0 Å². The Labute approximate surface area is 168 Å². The van der Waals surface area contributed by atoms with Gasteiger partial charge in [-0.3, -0.25) is 14.4 Å². The molecule has 0 amide bonds. The standard InChI is InChI=1S/C18H34N2O8/c1-5-9(3)13(19)17(25)27-7-11(21)15(23)16(24)12(22)8-28-18(26)14(20)10(4)6-2/h9-11,13-16,21,23-24H,5-8,19-20H2,1-4H3/t9-,10-,11+,13-,14-,15+,16+/m0/s1/i/hD2. The van der Waals surface area contributed by atoms with Crippen molar-refractivity contribution in [2.24, 2.45) is 23.3 Å². The third kappa shape index (κ3) is 8.19. The summed E-state index contributed by atoms with van der Waals surface area (Å²) in [6, 6.07) is -1.90. The van der Waals surface area contributed by atoms with E-state index < -0.39 is 61.3 Å². The Morgan fingerprint density at radius 2 is 1.39 bits per heavy atom. The first-order chi connectivity index (χ1) is 14.0. The van der Waals surface area contributed by atoms with Crippen LogP contribution in [0, 0.1) is 11.8 Å². The molecule has 0 radical (unpaired) electrons. The van der Waals surface area contributed by atoms with Crippen LogP contribution in [0.4, 0.5) is 0 Å². The van der Waals surface area contributed by atoms with Crippen LogP contribution < -0.4 is 11.5 Å². The zero-order chi connectivity index (χ0) is 23.4. The summed E-state index contributed by atoms with van der Waals surface area (Å²) in [5, 5.41) is 29.7. The molecule has 10 nitrogen and oxygen atoms in total. The molecule has 0 rings (SSSR count). The topological polar surface area (TPSA) is 182 Å². The van der Waals surface area contributed by atoms with E-state index >= 15 is 0 Å². The number of nitrogens with two attached hydrogens (primary N) is 2. The molecular formula is C18H34N2O8. The highest BCUT2D eigenvalue weighted by molar-refractivity contribution is 5.87. The van der Waals surface area contributed by atoms with Crippen LogP contribution in [-0.2, 0) is 23.9 Å². The average Bonchev–Trinajstić information content (AvgIpc) is 2.74. The van der Waals surface area contributed by atoms with Crippen LogP contribution in [-0.4, -0.2) is 76.7 Å². The lowest BCUT2D eigenvalue weighted by Gasteiger charge is -2.23. The van der Waals surface area contributed by atoms with E-state index in [9.17, 15) is 29.7 Å². The molecule has 10 heteroatoms. The van der Waals surface area contributed by atoms with Gasteiger partial charge in [0.1, 0.15) is 39.8 Å². The number of rotatable bonds is 15. The SMILES string of the molecule is [2H]N[C@H](C(=O)OCC(=O)[C@@H](O)[C@H](O)[C@H](O)COC(=O)[C@@H](N[2H])[C@@H](C)CC)[C@@H](C)CC. The van der Waals surface area contributed by atoms with E-state index in [4.69, 9.17) is 12.3 Å². The van der Waals surface area contributed by atoms with E-state index in [1.54, 1.807) is 13.8 Å². The normalized spacial score (nSPS) is 19.8. The van der Waals surface area contributed by atoms with Crippen molar-refractivity contribution in [1.82, 2.24) is 0 Å². The predicted octanol–water partition coefficient (Wildman–Crippen LogP) is -1.53. The van der Waals surface area contributed by atoms with Gasteiger partial charge in [-0.2, -0.15) is 0 Å². The maximum absolute atomic E-state index is 12.0. The summed E-state index contributed by atoms with van der Waals surface area (Å²) in [6.45, 7) is 5.50. The minimum Gasteiger partial charge on any atom is -0.462 e. The molecule has 0 spiro atoms. The molecule has 0 aliphatic rings. The number of esters is 2. The number of aliphatic hydroxyl groups excluding tert-OH is 3. The summed E-state index contributed by atoms with van der Waals surface area (Å²) in [6.07, 6.45) is -4.68. The molecule has 164 valence electrons. The lowest BCUT2D eigenvalue weighted by Crippen LogP contribution is -2.47. The van der Waals surface area contributed by atoms with Crippen molar-refractivity contribution in [3.05, 3.63) is 0 Å². The maximum Gasteiger partial charge on any atom is 0.323 e. The molecule has 0 unspecified atom stereocenters. The van der Waals surface area contributed by atoms with E-state index in [1.807, 2.05) is 19.6 Å². The number of carbonyl (C=O) groups is 3. The van der Waals surface area contributed by atoms with Crippen molar-refractivity contribution in [2.75, 3.05) is 13.2 Å². The molecule has 0 saturated carbocycles. The number of Topliss-reactive ketones (excluding diaryl/α,β-unsaturated/α-hetero) is 1. The molecule has 0 saturated heterocycles. The zero-order valence-electron chi connectivity index (χ0n) is 18.8. The second-order valence-corrected chi connectivity index (χ2v) is 6.93. The van der Waals surface area contributed by atoms with Gasteiger partial charge in [-0.25, -0.2) is 0 Å². The Hall–Kier alpha value is -1.59. The Morgan fingerprint density at radius 3 is 1.82 bits per heavy atom. The minimum atomic E-state index is -2.09. The fraction of sp³-hybridized carbons (Fsp3) is 0.833. The number of ketones is 1. The molecule has 0 aromatic rings. The number of hydrogen-bond acceptors (Lipinski definition) is 10. The predicted molar refractivity (Wildman–Crippen MR) is 99.8 cm³/mol. The van der Waals surface area contributed by atoms with Crippen LogP contribution in [0.15, 0.2) is 0 Å². The molecule has 0 bridgehead atoms. The number of ether oxygens (including phenoxy) is 2. The van der Waals surface area contributed by atoms with Crippen LogP contribution in [0.1, 0.15) is 40.5 Å². The lowest BCUT2D eigenvalue weighted by atomic mass is 10.0. The Balaban J connectivity index is 4.65. The summed E-state index contributed by atoms with van der Waals surface area (Å²) in [4.78, 5) is 35.8. The fourth-order valence-corrected chi connectivity index (χ4v) is 2.01. The molecule has 0 fully saturated rings. The molecular weight excluding hydrogens is 372 g/mol. The lowest BCUT2D eigenvalue weighted by molar-refractivity contribution is -0.161. The third-order valence-corrected chi connectivity index (χ3v) is 4.73. The van der Waals surface area contributed by atoms with E-state index in [0.29, 0.717) is 12.8 Å².